The molecule has 0 aliphatic heterocycles. The second kappa shape index (κ2) is 3.67. The number of rotatable bonds is 2. The molecular formula is C8H9N5S. The van der Waals surface area contributed by atoms with E-state index in [2.05, 4.69) is 15.1 Å². The van der Waals surface area contributed by atoms with Gasteiger partial charge in [0, 0.05) is 12.4 Å². The third-order valence-electron chi connectivity index (χ3n) is 1.73. The molecule has 14 heavy (non-hydrogen) atoms. The van der Waals surface area contributed by atoms with Gasteiger partial charge in [0.2, 0.25) is 0 Å². The number of aromatic nitrogens is 4. The Morgan fingerprint density at radius 1 is 1.36 bits per heavy atom. The van der Waals surface area contributed by atoms with Crippen LogP contribution in [0.2, 0.25) is 0 Å². The summed E-state index contributed by atoms with van der Waals surface area (Å²) in [4.78, 5) is 9.04. The lowest BCUT2D eigenvalue weighted by Gasteiger charge is -2.00. The van der Waals surface area contributed by atoms with Crippen molar-refractivity contribution in [2.75, 3.05) is 12.0 Å². The molecule has 0 aromatic carbocycles. The van der Waals surface area contributed by atoms with Gasteiger partial charge in [0.15, 0.2) is 0 Å². The molecule has 2 aromatic rings. The lowest BCUT2D eigenvalue weighted by atomic mass is 10.6. The monoisotopic (exact) mass is 207 g/mol. The lowest BCUT2D eigenvalue weighted by molar-refractivity contribution is 0.817. The predicted molar refractivity (Wildman–Crippen MR) is 55.3 cm³/mol. The Morgan fingerprint density at radius 3 is 2.64 bits per heavy atom. The molecule has 0 aliphatic rings. The largest absolute Gasteiger partial charge is 0.383 e. The zero-order valence-corrected chi connectivity index (χ0v) is 8.40. The van der Waals surface area contributed by atoms with Crippen LogP contribution in [-0.2, 0) is 0 Å². The van der Waals surface area contributed by atoms with Gasteiger partial charge in [-0.25, -0.2) is 9.97 Å². The van der Waals surface area contributed by atoms with Crippen LogP contribution >= 0.6 is 11.8 Å². The normalized spacial score (nSPS) is 10.4. The zero-order chi connectivity index (χ0) is 9.97. The van der Waals surface area contributed by atoms with Gasteiger partial charge in [-0.3, -0.25) is 0 Å². The van der Waals surface area contributed by atoms with Crippen molar-refractivity contribution >= 4 is 17.6 Å². The summed E-state index contributed by atoms with van der Waals surface area (Å²) in [6.45, 7) is 0. The van der Waals surface area contributed by atoms with E-state index in [9.17, 15) is 0 Å². The molecule has 72 valence electrons. The highest BCUT2D eigenvalue weighted by molar-refractivity contribution is 7.98. The molecular weight excluding hydrogens is 198 g/mol. The average Bonchev–Trinajstić information content (AvgIpc) is 2.61. The molecule has 0 aliphatic carbocycles. The Labute approximate surface area is 85.4 Å². The van der Waals surface area contributed by atoms with Gasteiger partial charge in [0.25, 0.3) is 5.95 Å². The quantitative estimate of drug-likeness (QED) is 0.743. The molecule has 0 fully saturated rings. The molecule has 0 saturated carbocycles. The van der Waals surface area contributed by atoms with E-state index >= 15 is 0 Å². The van der Waals surface area contributed by atoms with Crippen LogP contribution in [0.15, 0.2) is 29.6 Å². The number of hydrogen-bond donors (Lipinski definition) is 1. The van der Waals surface area contributed by atoms with Crippen LogP contribution in [-0.4, -0.2) is 26.0 Å². The number of thioether (sulfide) groups is 1. The van der Waals surface area contributed by atoms with Gasteiger partial charge in [-0.15, -0.1) is 11.8 Å². The fourth-order valence-corrected chi connectivity index (χ4v) is 1.51. The van der Waals surface area contributed by atoms with E-state index in [0.717, 1.165) is 4.90 Å². The van der Waals surface area contributed by atoms with Gasteiger partial charge in [0.05, 0.1) is 11.1 Å². The second-order valence-corrected chi connectivity index (χ2v) is 3.41. The molecule has 5 nitrogen and oxygen atoms in total. The van der Waals surface area contributed by atoms with Crippen molar-refractivity contribution in [2.24, 2.45) is 0 Å². The first-order valence-electron chi connectivity index (χ1n) is 3.98. The van der Waals surface area contributed by atoms with Gasteiger partial charge < -0.3 is 5.73 Å². The zero-order valence-electron chi connectivity index (χ0n) is 7.58. The molecule has 2 heterocycles. The summed E-state index contributed by atoms with van der Waals surface area (Å²) >= 11 is 1.55. The Bertz CT molecular complexity index is 425. The summed E-state index contributed by atoms with van der Waals surface area (Å²) in [5, 5.41) is 4.10. The van der Waals surface area contributed by atoms with E-state index in [1.807, 2.05) is 6.26 Å². The van der Waals surface area contributed by atoms with Crippen molar-refractivity contribution in [1.29, 1.82) is 0 Å². The molecule has 2 aromatic heterocycles. The first-order chi connectivity index (χ1) is 6.83. The summed E-state index contributed by atoms with van der Waals surface area (Å²) in [6.07, 6.45) is 6.96. The van der Waals surface area contributed by atoms with Gasteiger partial charge in [-0.2, -0.15) is 9.78 Å². The molecule has 0 radical (unpaired) electrons. The third-order valence-corrected chi connectivity index (χ3v) is 2.49. The molecule has 2 N–H and O–H groups in total. The summed E-state index contributed by atoms with van der Waals surface area (Å²) in [7, 11) is 0. The topological polar surface area (TPSA) is 69.6 Å². The van der Waals surface area contributed by atoms with Crippen LogP contribution in [0.25, 0.3) is 5.95 Å². The maximum atomic E-state index is 5.85. The summed E-state index contributed by atoms with van der Waals surface area (Å²) in [5.41, 5.74) is 5.85. The average molecular weight is 207 g/mol. The highest BCUT2D eigenvalue weighted by Crippen LogP contribution is 2.22. The number of nitrogens with two attached hydrogens (primary N) is 1. The minimum absolute atomic E-state index is 0.491. The Morgan fingerprint density at radius 2 is 2.07 bits per heavy atom. The van der Waals surface area contributed by atoms with E-state index in [4.69, 9.17) is 5.73 Å². The van der Waals surface area contributed by atoms with Gasteiger partial charge in [-0.1, -0.05) is 0 Å². The molecule has 0 saturated heterocycles. The van der Waals surface area contributed by atoms with Gasteiger partial charge >= 0.3 is 0 Å². The molecule has 2 rings (SSSR count). The van der Waals surface area contributed by atoms with Crippen LogP contribution in [0.5, 0.6) is 0 Å². The van der Waals surface area contributed by atoms with E-state index < -0.39 is 0 Å². The van der Waals surface area contributed by atoms with Crippen molar-refractivity contribution in [2.45, 2.75) is 4.90 Å². The van der Waals surface area contributed by atoms with Crippen LogP contribution in [0.4, 0.5) is 5.82 Å². The van der Waals surface area contributed by atoms with Crippen LogP contribution in [0.3, 0.4) is 0 Å². The highest BCUT2D eigenvalue weighted by atomic mass is 32.2. The van der Waals surface area contributed by atoms with E-state index in [0.29, 0.717) is 11.8 Å². The summed E-state index contributed by atoms with van der Waals surface area (Å²) < 4.78 is 1.52. The standard InChI is InChI=1S/C8H9N5S/c1-14-6-5-12-13(7(6)9)8-10-3-2-4-11-8/h2-5H,9H2,1H3. The first kappa shape index (κ1) is 9.01. The lowest BCUT2D eigenvalue weighted by Crippen LogP contribution is -2.05. The van der Waals surface area contributed by atoms with Crippen molar-refractivity contribution in [3.63, 3.8) is 0 Å². The maximum absolute atomic E-state index is 5.85. The Balaban J connectivity index is 2.48. The van der Waals surface area contributed by atoms with Crippen molar-refractivity contribution in [3.05, 3.63) is 24.7 Å². The van der Waals surface area contributed by atoms with Crippen molar-refractivity contribution in [1.82, 2.24) is 19.7 Å². The second-order valence-electron chi connectivity index (χ2n) is 2.56. The van der Waals surface area contributed by atoms with Crippen molar-refractivity contribution < 1.29 is 0 Å². The maximum Gasteiger partial charge on any atom is 0.252 e. The first-order valence-corrected chi connectivity index (χ1v) is 5.20. The van der Waals surface area contributed by atoms with Crippen LogP contribution in [0.1, 0.15) is 0 Å². The van der Waals surface area contributed by atoms with Gasteiger partial charge in [-0.05, 0) is 12.3 Å². The minimum Gasteiger partial charge on any atom is -0.383 e. The molecule has 0 amide bonds. The minimum atomic E-state index is 0.491. The molecule has 0 spiro atoms. The summed E-state index contributed by atoms with van der Waals surface area (Å²) in [5.74, 6) is 1.06. The fraction of sp³-hybridized carbons (Fsp3) is 0.125. The Kier molecular flexibility index (Phi) is 2.36. The van der Waals surface area contributed by atoms with E-state index in [-0.39, 0.29) is 0 Å². The highest BCUT2D eigenvalue weighted by Gasteiger charge is 2.08. The van der Waals surface area contributed by atoms with E-state index in [1.54, 1.807) is 36.4 Å². The van der Waals surface area contributed by atoms with Gasteiger partial charge in [0.1, 0.15) is 5.82 Å². The molecule has 0 unspecified atom stereocenters. The molecule has 0 atom stereocenters. The van der Waals surface area contributed by atoms with Crippen LogP contribution < -0.4 is 5.73 Å². The number of nitrogens with zero attached hydrogens (tertiary/aromatic N) is 4. The smallest absolute Gasteiger partial charge is 0.252 e. The number of nitrogen functional groups attached to an aromatic ring is 1. The SMILES string of the molecule is CSc1cnn(-c2ncccn2)c1N. The molecule has 6 heteroatoms. The van der Waals surface area contributed by atoms with Crippen LogP contribution in [0, 0.1) is 0 Å². The van der Waals surface area contributed by atoms with E-state index in [1.165, 1.54) is 4.68 Å². The molecule has 0 bridgehead atoms. The Hall–Kier alpha value is -1.56. The number of hydrogen-bond acceptors (Lipinski definition) is 5. The number of anilines is 1. The summed E-state index contributed by atoms with van der Waals surface area (Å²) in [6, 6.07) is 1.75. The predicted octanol–water partition coefficient (Wildman–Crippen LogP) is 0.966. The third kappa shape index (κ3) is 1.44. The fourth-order valence-electron chi connectivity index (χ4n) is 1.06. The van der Waals surface area contributed by atoms with Crippen molar-refractivity contribution in [3.8, 4) is 5.95 Å².